The van der Waals surface area contributed by atoms with Crippen LogP contribution in [0.2, 0.25) is 0 Å². The Morgan fingerprint density at radius 1 is 1.23 bits per heavy atom. The third kappa shape index (κ3) is 8.61. The molecule has 1 heterocycles. The number of aromatic nitrogens is 1. The number of carbonyl (C=O) groups is 2. The van der Waals surface area contributed by atoms with Crippen molar-refractivity contribution >= 4 is 40.2 Å². The number of hydrogen-bond donors (Lipinski definition) is 2. The van der Waals surface area contributed by atoms with E-state index >= 15 is 0 Å². The molecule has 0 aliphatic heterocycles. The average Bonchev–Trinajstić information content (AvgIpc) is 3.44. The van der Waals surface area contributed by atoms with Crippen LogP contribution in [0.25, 0.3) is 0 Å². The number of carboxylic acids is 1. The Morgan fingerprint density at radius 3 is 2.45 bits per heavy atom. The fourth-order valence-electron chi connectivity index (χ4n) is 3.84. The Bertz CT molecular complexity index is 715. The van der Waals surface area contributed by atoms with E-state index < -0.39 is 5.97 Å². The molecule has 31 heavy (non-hydrogen) atoms. The number of carboxylic acid groups (broad SMARTS) is 1. The highest BCUT2D eigenvalue weighted by Gasteiger charge is 2.30. The normalized spacial score (nSPS) is 21.3. The van der Waals surface area contributed by atoms with Gasteiger partial charge in [-0.2, -0.15) is 0 Å². The van der Waals surface area contributed by atoms with Gasteiger partial charge in [0.1, 0.15) is 0 Å². The van der Waals surface area contributed by atoms with Crippen LogP contribution in [0, 0.1) is 17.8 Å². The summed E-state index contributed by atoms with van der Waals surface area (Å²) in [5.41, 5.74) is 0. The van der Waals surface area contributed by atoms with E-state index in [0.717, 1.165) is 62.0 Å². The van der Waals surface area contributed by atoms with Crippen LogP contribution >= 0.6 is 23.1 Å². The predicted octanol–water partition coefficient (Wildman–Crippen LogP) is 5.19. The Balaban J connectivity index is 1.50. The first kappa shape index (κ1) is 24.3. The molecule has 9 heteroatoms. The number of hydrogen-bond acceptors (Lipinski definition) is 6. The Kier molecular flexibility index (Phi) is 9.47. The van der Waals surface area contributed by atoms with Gasteiger partial charge in [0.2, 0.25) is 0 Å². The maximum Gasteiger partial charge on any atom is 0.323 e. The van der Waals surface area contributed by atoms with Gasteiger partial charge >= 0.3 is 12.0 Å². The highest BCUT2D eigenvalue weighted by atomic mass is 32.2. The molecule has 0 bridgehead atoms. The number of ether oxygens (including phenoxy) is 1. The number of amides is 2. The van der Waals surface area contributed by atoms with Crippen molar-refractivity contribution in [2.75, 3.05) is 30.8 Å². The number of thioether (sulfide) groups is 1. The van der Waals surface area contributed by atoms with E-state index in [-0.39, 0.29) is 17.8 Å². The molecule has 0 aromatic carbocycles. The van der Waals surface area contributed by atoms with Crippen LogP contribution in [-0.4, -0.2) is 58.5 Å². The van der Waals surface area contributed by atoms with Crippen LogP contribution in [0.1, 0.15) is 58.8 Å². The molecule has 0 saturated heterocycles. The number of carbonyl (C=O) groups excluding carboxylic acids is 1. The van der Waals surface area contributed by atoms with E-state index in [9.17, 15) is 9.59 Å². The van der Waals surface area contributed by atoms with Gasteiger partial charge in [-0.15, -0.1) is 11.8 Å². The number of nitrogens with one attached hydrogen (secondary N) is 1. The summed E-state index contributed by atoms with van der Waals surface area (Å²) in [6.45, 7) is 6.87. The van der Waals surface area contributed by atoms with Gasteiger partial charge < -0.3 is 14.7 Å². The van der Waals surface area contributed by atoms with Crippen molar-refractivity contribution in [3.05, 3.63) is 6.20 Å². The minimum atomic E-state index is -0.864. The lowest BCUT2D eigenvalue weighted by atomic mass is 9.85. The van der Waals surface area contributed by atoms with Gasteiger partial charge in [0, 0.05) is 25.8 Å². The van der Waals surface area contributed by atoms with E-state index in [0.29, 0.717) is 17.0 Å². The lowest BCUT2D eigenvalue weighted by molar-refractivity contribution is -0.133. The summed E-state index contributed by atoms with van der Waals surface area (Å²) in [5, 5.41) is 12.3. The summed E-state index contributed by atoms with van der Waals surface area (Å²) in [6, 6.07) is 0.150. The lowest BCUT2D eigenvalue weighted by Gasteiger charge is -2.37. The summed E-state index contributed by atoms with van der Waals surface area (Å²) in [6.07, 6.45) is 9.48. The zero-order valence-electron chi connectivity index (χ0n) is 18.5. The maximum absolute atomic E-state index is 13.1. The van der Waals surface area contributed by atoms with E-state index in [2.05, 4.69) is 24.1 Å². The summed E-state index contributed by atoms with van der Waals surface area (Å²) < 4.78 is 6.69. The van der Waals surface area contributed by atoms with Crippen molar-refractivity contribution in [3.63, 3.8) is 0 Å². The summed E-state index contributed by atoms with van der Waals surface area (Å²) >= 11 is 2.54. The Hall–Kier alpha value is -1.32. The predicted molar refractivity (Wildman–Crippen MR) is 125 cm³/mol. The molecule has 0 atom stereocenters. The van der Waals surface area contributed by atoms with Crippen molar-refractivity contribution in [1.82, 2.24) is 9.88 Å². The molecule has 2 aliphatic rings. The largest absolute Gasteiger partial charge is 0.481 e. The fourth-order valence-corrected chi connectivity index (χ4v) is 5.42. The molecule has 2 N–H and O–H groups in total. The third-order valence-electron chi connectivity index (χ3n) is 5.91. The molecule has 2 amide bonds. The molecule has 2 saturated carbocycles. The van der Waals surface area contributed by atoms with Crippen LogP contribution in [0.3, 0.4) is 0 Å². The minimum absolute atomic E-state index is 0.0102. The Morgan fingerprint density at radius 2 is 1.87 bits per heavy atom. The molecule has 174 valence electrons. The van der Waals surface area contributed by atoms with E-state index in [1.165, 1.54) is 35.9 Å². The van der Waals surface area contributed by atoms with Gasteiger partial charge in [0.05, 0.1) is 16.2 Å². The number of rotatable bonds is 12. The molecule has 2 aliphatic carbocycles. The minimum Gasteiger partial charge on any atom is -0.481 e. The summed E-state index contributed by atoms with van der Waals surface area (Å²) in [7, 11) is 0. The number of aliphatic carboxylic acids is 1. The second kappa shape index (κ2) is 12.1. The van der Waals surface area contributed by atoms with Crippen LogP contribution < -0.4 is 5.32 Å². The highest BCUT2D eigenvalue weighted by molar-refractivity contribution is 8.01. The molecular formula is C22H35N3O4S2. The molecule has 1 aromatic heterocycles. The summed E-state index contributed by atoms with van der Waals surface area (Å²) in [5.74, 6) is 1.07. The number of urea groups is 1. The van der Waals surface area contributed by atoms with Crippen LogP contribution in [0.4, 0.5) is 9.93 Å². The second-order valence-corrected chi connectivity index (χ2v) is 11.4. The first-order valence-electron chi connectivity index (χ1n) is 11.4. The summed E-state index contributed by atoms with van der Waals surface area (Å²) in [4.78, 5) is 30.1. The smallest absolute Gasteiger partial charge is 0.323 e. The van der Waals surface area contributed by atoms with Gasteiger partial charge in [-0.25, -0.2) is 9.78 Å². The average molecular weight is 470 g/mol. The monoisotopic (exact) mass is 469 g/mol. The molecular weight excluding hydrogens is 434 g/mol. The van der Waals surface area contributed by atoms with Gasteiger partial charge in [0.25, 0.3) is 0 Å². The molecule has 2 fully saturated rings. The van der Waals surface area contributed by atoms with Gasteiger partial charge in [0.15, 0.2) is 5.13 Å². The van der Waals surface area contributed by atoms with E-state index in [1.54, 1.807) is 6.20 Å². The first-order chi connectivity index (χ1) is 14.9. The molecule has 1 aromatic rings. The standard InChI is InChI=1S/C22H35N3O4S2/c1-15(2)9-10-25(18-7-5-17(6-8-18)13-29-12-16-3-4-16)22(28)24-21-23-11-20(31-21)30-14-19(26)27/h11,15-18H,3-10,12-14H2,1-2H3,(H,26,27)(H,23,24,28). The van der Waals surface area contributed by atoms with Crippen LogP contribution in [0.15, 0.2) is 10.4 Å². The van der Waals surface area contributed by atoms with Crippen LogP contribution in [0.5, 0.6) is 0 Å². The van der Waals surface area contributed by atoms with Gasteiger partial charge in [-0.1, -0.05) is 25.2 Å². The first-order valence-corrected chi connectivity index (χ1v) is 13.2. The van der Waals surface area contributed by atoms with E-state index in [1.807, 2.05) is 4.90 Å². The molecule has 3 rings (SSSR count). The zero-order valence-corrected chi connectivity index (χ0v) is 20.2. The topological polar surface area (TPSA) is 91.8 Å². The van der Waals surface area contributed by atoms with Crippen molar-refractivity contribution in [2.45, 2.75) is 69.0 Å². The van der Waals surface area contributed by atoms with Crippen molar-refractivity contribution in [2.24, 2.45) is 17.8 Å². The lowest BCUT2D eigenvalue weighted by Crippen LogP contribution is -2.45. The van der Waals surface area contributed by atoms with Gasteiger partial charge in [-0.3, -0.25) is 10.1 Å². The third-order valence-corrected chi connectivity index (χ3v) is 8.00. The number of nitrogens with zero attached hydrogens (tertiary/aromatic N) is 2. The number of anilines is 1. The molecule has 7 nitrogen and oxygen atoms in total. The van der Waals surface area contributed by atoms with Crippen molar-refractivity contribution < 1.29 is 19.4 Å². The SMILES string of the molecule is CC(C)CCN(C(=O)Nc1ncc(SCC(=O)O)s1)C1CCC(COCC2CC2)CC1. The van der Waals surface area contributed by atoms with E-state index in [4.69, 9.17) is 9.84 Å². The maximum atomic E-state index is 13.1. The molecule has 0 radical (unpaired) electrons. The quantitative estimate of drug-likeness (QED) is 0.410. The number of thiazole rings is 1. The zero-order chi connectivity index (χ0) is 22.2. The fraction of sp³-hybridized carbons (Fsp3) is 0.773. The second-order valence-electron chi connectivity index (χ2n) is 9.13. The van der Waals surface area contributed by atoms with Gasteiger partial charge in [-0.05, 0) is 62.7 Å². The molecule has 0 unspecified atom stereocenters. The van der Waals surface area contributed by atoms with Crippen molar-refractivity contribution in [3.8, 4) is 0 Å². The molecule has 0 spiro atoms. The van der Waals surface area contributed by atoms with Crippen molar-refractivity contribution in [1.29, 1.82) is 0 Å². The Labute approximate surface area is 193 Å². The van der Waals surface area contributed by atoms with Crippen LogP contribution in [-0.2, 0) is 9.53 Å². The highest BCUT2D eigenvalue weighted by Crippen LogP contribution is 2.32.